The minimum absolute atomic E-state index is 0.0715. The van der Waals surface area contributed by atoms with Gasteiger partial charge >= 0.3 is 5.97 Å². The Morgan fingerprint density at radius 2 is 1.73 bits per heavy atom. The van der Waals surface area contributed by atoms with Crippen molar-refractivity contribution < 1.29 is 14.6 Å². The molecule has 1 saturated heterocycles. The quantitative estimate of drug-likeness (QED) is 0.265. The molecule has 0 radical (unpaired) electrons. The summed E-state index contributed by atoms with van der Waals surface area (Å²) in [6.07, 6.45) is 6.18. The zero-order valence-corrected chi connectivity index (χ0v) is 15.0. The van der Waals surface area contributed by atoms with Crippen molar-refractivity contribution in [2.24, 2.45) is 11.6 Å². The summed E-state index contributed by atoms with van der Waals surface area (Å²) >= 11 is 0. The van der Waals surface area contributed by atoms with Gasteiger partial charge < -0.3 is 25.9 Å². The number of benzene rings is 1. The molecule has 0 aromatic heterocycles. The lowest BCUT2D eigenvalue weighted by Gasteiger charge is -2.29. The Bertz CT molecular complexity index is 645. The largest absolute Gasteiger partial charge is 0.476 e. The minimum Gasteiger partial charge on any atom is -0.476 e. The van der Waals surface area contributed by atoms with E-state index in [4.69, 9.17) is 21.4 Å². The number of anilines is 1. The molecule has 142 valence electrons. The number of hydrogen-bond acceptors (Lipinski definition) is 6. The van der Waals surface area contributed by atoms with Gasteiger partial charge in [0.25, 0.3) is 0 Å². The molecule has 1 heterocycles. The Balaban J connectivity index is 1.54. The van der Waals surface area contributed by atoms with Gasteiger partial charge in [0.2, 0.25) is 5.88 Å². The molecule has 1 aliphatic carbocycles. The summed E-state index contributed by atoms with van der Waals surface area (Å²) in [5.41, 5.74) is 10.2. The first-order chi connectivity index (χ1) is 12.6. The minimum atomic E-state index is -1.23. The van der Waals surface area contributed by atoms with Gasteiger partial charge in [-0.3, -0.25) is 5.84 Å². The van der Waals surface area contributed by atoms with Gasteiger partial charge in [-0.05, 0) is 62.1 Å². The molecule has 0 amide bonds. The predicted molar refractivity (Wildman–Crippen MR) is 100 cm³/mol. The third-order valence-electron chi connectivity index (χ3n) is 5.41. The Morgan fingerprint density at radius 1 is 1.12 bits per heavy atom. The van der Waals surface area contributed by atoms with Crippen LogP contribution in [0.5, 0.6) is 0 Å². The summed E-state index contributed by atoms with van der Waals surface area (Å²) in [5, 5.41) is 9.00. The lowest BCUT2D eigenvalue weighted by atomic mass is 9.82. The number of nitrogens with one attached hydrogen (secondary N) is 1. The van der Waals surface area contributed by atoms with Gasteiger partial charge in [0.05, 0.1) is 0 Å². The third-order valence-corrected chi connectivity index (χ3v) is 5.41. The molecule has 2 fully saturated rings. The highest BCUT2D eigenvalue weighted by atomic mass is 16.5. The van der Waals surface area contributed by atoms with Gasteiger partial charge in [0.15, 0.2) is 5.70 Å². The van der Waals surface area contributed by atoms with Crippen LogP contribution in [-0.2, 0) is 9.53 Å². The van der Waals surface area contributed by atoms with E-state index in [0.717, 1.165) is 38.8 Å². The van der Waals surface area contributed by atoms with E-state index in [-0.39, 0.29) is 17.7 Å². The van der Waals surface area contributed by atoms with E-state index >= 15 is 0 Å². The molecule has 0 spiro atoms. The van der Waals surface area contributed by atoms with E-state index in [9.17, 15) is 4.79 Å². The Morgan fingerprint density at radius 3 is 2.27 bits per heavy atom. The zero-order valence-electron chi connectivity index (χ0n) is 15.0. The second-order valence-electron chi connectivity index (χ2n) is 7.07. The number of rotatable bonds is 6. The summed E-state index contributed by atoms with van der Waals surface area (Å²) in [6, 6.07) is 8.95. The molecule has 7 nitrogen and oxygen atoms in total. The summed E-state index contributed by atoms with van der Waals surface area (Å²) < 4.78 is 5.60. The van der Waals surface area contributed by atoms with Crippen molar-refractivity contribution in [1.29, 1.82) is 0 Å². The van der Waals surface area contributed by atoms with E-state index in [1.54, 1.807) is 0 Å². The highest BCUT2D eigenvalue weighted by Gasteiger charge is 2.25. The predicted octanol–water partition coefficient (Wildman–Crippen LogP) is 2.01. The Hall–Kier alpha value is -2.41. The van der Waals surface area contributed by atoms with Gasteiger partial charge in [-0.1, -0.05) is 12.1 Å². The first-order valence-electron chi connectivity index (χ1n) is 9.29. The normalized spacial score (nSPS) is 24.1. The number of aliphatic carboxylic acids is 1. The SMILES string of the molecule is NN/C(C(=O)O)=C(\N)OC1CCC(c2ccc(N3CCCC3)cc2)CC1. The topological polar surface area (TPSA) is 114 Å². The molecule has 3 rings (SSSR count). The van der Waals surface area contributed by atoms with Crippen LogP contribution >= 0.6 is 0 Å². The van der Waals surface area contributed by atoms with Crippen LogP contribution < -0.4 is 21.9 Å². The number of hydrazine groups is 1. The van der Waals surface area contributed by atoms with Crippen LogP contribution in [0, 0.1) is 0 Å². The monoisotopic (exact) mass is 360 g/mol. The first kappa shape index (κ1) is 18.4. The van der Waals surface area contributed by atoms with Crippen molar-refractivity contribution in [2.45, 2.75) is 50.5 Å². The lowest BCUT2D eigenvalue weighted by molar-refractivity contribution is -0.133. The maximum atomic E-state index is 11.0. The third kappa shape index (κ3) is 4.22. The highest BCUT2D eigenvalue weighted by Crippen LogP contribution is 2.35. The van der Waals surface area contributed by atoms with E-state index in [1.165, 1.54) is 24.1 Å². The molecule has 1 aliphatic heterocycles. The van der Waals surface area contributed by atoms with Gasteiger partial charge in [0, 0.05) is 18.8 Å². The fraction of sp³-hybridized carbons (Fsp3) is 0.526. The second-order valence-corrected chi connectivity index (χ2v) is 7.07. The summed E-state index contributed by atoms with van der Waals surface area (Å²) in [7, 11) is 0. The van der Waals surface area contributed by atoms with E-state index < -0.39 is 5.97 Å². The average molecular weight is 360 g/mol. The molecule has 0 bridgehead atoms. The number of carboxylic acids is 1. The van der Waals surface area contributed by atoms with Crippen molar-refractivity contribution in [3.05, 3.63) is 41.4 Å². The molecule has 7 heteroatoms. The van der Waals surface area contributed by atoms with Crippen LogP contribution in [0.3, 0.4) is 0 Å². The molecule has 1 aromatic rings. The molecule has 0 unspecified atom stereocenters. The molecule has 1 saturated carbocycles. The van der Waals surface area contributed by atoms with Gasteiger partial charge in [-0.2, -0.15) is 0 Å². The molecular weight excluding hydrogens is 332 g/mol. The van der Waals surface area contributed by atoms with Crippen LogP contribution in [0.15, 0.2) is 35.8 Å². The fourth-order valence-electron chi connectivity index (χ4n) is 3.92. The molecule has 26 heavy (non-hydrogen) atoms. The highest BCUT2D eigenvalue weighted by molar-refractivity contribution is 5.86. The zero-order chi connectivity index (χ0) is 18.5. The van der Waals surface area contributed by atoms with E-state index in [1.807, 2.05) is 0 Å². The second kappa shape index (κ2) is 8.31. The summed E-state index contributed by atoms with van der Waals surface area (Å²) in [4.78, 5) is 13.4. The lowest BCUT2D eigenvalue weighted by Crippen LogP contribution is -2.32. The van der Waals surface area contributed by atoms with Crippen molar-refractivity contribution in [3.8, 4) is 0 Å². The first-order valence-corrected chi connectivity index (χ1v) is 9.29. The van der Waals surface area contributed by atoms with E-state index in [2.05, 4.69) is 34.6 Å². The molecular formula is C19H28N4O3. The number of nitrogens with zero attached hydrogens (tertiary/aromatic N) is 1. The van der Waals surface area contributed by atoms with Crippen LogP contribution in [0.25, 0.3) is 0 Å². The van der Waals surface area contributed by atoms with Crippen molar-refractivity contribution in [3.63, 3.8) is 0 Å². The van der Waals surface area contributed by atoms with Crippen LogP contribution in [0.4, 0.5) is 5.69 Å². The molecule has 6 N–H and O–H groups in total. The Kier molecular flexibility index (Phi) is 5.88. The van der Waals surface area contributed by atoms with Crippen LogP contribution in [0.1, 0.15) is 50.0 Å². The smallest absolute Gasteiger partial charge is 0.358 e. The maximum absolute atomic E-state index is 11.0. The number of nitrogens with two attached hydrogens (primary N) is 2. The average Bonchev–Trinajstić information content (AvgIpc) is 3.17. The van der Waals surface area contributed by atoms with Gasteiger partial charge in [-0.15, -0.1) is 0 Å². The van der Waals surface area contributed by atoms with Crippen LogP contribution in [-0.4, -0.2) is 30.3 Å². The molecule has 2 aliphatic rings. The summed E-state index contributed by atoms with van der Waals surface area (Å²) in [6.45, 7) is 2.32. The van der Waals surface area contributed by atoms with Gasteiger partial charge in [0.1, 0.15) is 6.10 Å². The van der Waals surface area contributed by atoms with Crippen LogP contribution in [0.2, 0.25) is 0 Å². The number of ether oxygens (including phenoxy) is 1. The fourth-order valence-corrected chi connectivity index (χ4v) is 3.92. The van der Waals surface area contributed by atoms with Gasteiger partial charge in [-0.25, -0.2) is 4.79 Å². The van der Waals surface area contributed by atoms with Crippen molar-refractivity contribution >= 4 is 11.7 Å². The number of hydrogen-bond donors (Lipinski definition) is 4. The standard InChI is InChI=1S/C19H28N4O3/c20-18(17(22-21)19(24)25)26-16-9-5-14(6-10-16)13-3-7-15(8-4-13)23-11-1-2-12-23/h3-4,7-8,14,16,22H,1-2,5-6,9-12,20-21H2,(H,24,25)/b18-17+. The number of carbonyl (C=O) groups is 1. The van der Waals surface area contributed by atoms with Crippen molar-refractivity contribution in [2.75, 3.05) is 18.0 Å². The molecule has 1 aromatic carbocycles. The van der Waals surface area contributed by atoms with Crippen molar-refractivity contribution in [1.82, 2.24) is 5.43 Å². The summed E-state index contributed by atoms with van der Waals surface area (Å²) in [5.74, 6) is 4.32. The van der Waals surface area contributed by atoms with E-state index in [0.29, 0.717) is 5.92 Å². The Labute approximate surface area is 154 Å². The number of carboxylic acid groups (broad SMARTS) is 1. The molecule has 0 atom stereocenters. The maximum Gasteiger partial charge on any atom is 0.358 e.